The normalized spacial score (nSPS) is 14.3. The number of aryl methyl sites for hydroxylation is 2. The SMILES string of the molecule is C=C1c2ccccc2CCc2ncsc21. The highest BCUT2D eigenvalue weighted by Crippen LogP contribution is 2.33. The van der Waals surface area contributed by atoms with Gasteiger partial charge in [-0.2, -0.15) is 0 Å². The van der Waals surface area contributed by atoms with Gasteiger partial charge in [-0.05, 0) is 29.5 Å². The first-order chi connectivity index (χ1) is 7.36. The van der Waals surface area contributed by atoms with Crippen LogP contribution in [0.25, 0.3) is 5.57 Å². The minimum absolute atomic E-state index is 1.04. The number of fused-ring (bicyclic) bond motifs is 2. The lowest BCUT2D eigenvalue weighted by molar-refractivity contribution is 0.930. The van der Waals surface area contributed by atoms with E-state index in [0.717, 1.165) is 18.4 Å². The maximum Gasteiger partial charge on any atom is 0.0801 e. The second-order valence-electron chi connectivity index (χ2n) is 3.76. The average Bonchev–Trinajstić information content (AvgIpc) is 2.69. The van der Waals surface area contributed by atoms with E-state index in [1.54, 1.807) is 11.3 Å². The smallest absolute Gasteiger partial charge is 0.0801 e. The van der Waals surface area contributed by atoms with Crippen molar-refractivity contribution in [1.82, 2.24) is 4.98 Å². The van der Waals surface area contributed by atoms with Gasteiger partial charge in [0.2, 0.25) is 0 Å². The van der Waals surface area contributed by atoms with Crippen LogP contribution in [-0.2, 0) is 12.8 Å². The van der Waals surface area contributed by atoms with Gasteiger partial charge < -0.3 is 0 Å². The van der Waals surface area contributed by atoms with E-state index < -0.39 is 0 Å². The van der Waals surface area contributed by atoms with Gasteiger partial charge in [0.05, 0.1) is 16.1 Å². The Kier molecular flexibility index (Phi) is 1.96. The molecule has 0 amide bonds. The van der Waals surface area contributed by atoms with Gasteiger partial charge in [0.25, 0.3) is 0 Å². The molecule has 1 aromatic carbocycles. The van der Waals surface area contributed by atoms with Crippen LogP contribution >= 0.6 is 11.3 Å². The minimum atomic E-state index is 1.04. The van der Waals surface area contributed by atoms with Crippen LogP contribution in [0.1, 0.15) is 21.7 Å². The molecule has 0 saturated carbocycles. The summed E-state index contributed by atoms with van der Waals surface area (Å²) < 4.78 is 0. The molecular weight excluding hydrogens is 202 g/mol. The molecule has 1 heterocycles. The second-order valence-corrected chi connectivity index (χ2v) is 4.62. The number of rotatable bonds is 0. The van der Waals surface area contributed by atoms with Crippen molar-refractivity contribution in [3.8, 4) is 0 Å². The summed E-state index contributed by atoms with van der Waals surface area (Å²) in [7, 11) is 0. The summed E-state index contributed by atoms with van der Waals surface area (Å²) in [5.41, 5.74) is 6.96. The molecular formula is C13H11NS. The standard InChI is InChI=1S/C13H11NS/c1-9-11-5-3-2-4-10(11)6-7-12-13(9)15-8-14-12/h2-5,8H,1,6-7H2. The van der Waals surface area contributed by atoms with Crippen molar-refractivity contribution < 1.29 is 0 Å². The zero-order chi connectivity index (χ0) is 10.3. The molecule has 1 aliphatic rings. The molecule has 0 spiro atoms. The Hall–Kier alpha value is -1.41. The zero-order valence-electron chi connectivity index (χ0n) is 8.36. The van der Waals surface area contributed by atoms with Crippen LogP contribution in [-0.4, -0.2) is 4.98 Å². The highest BCUT2D eigenvalue weighted by Gasteiger charge is 2.17. The van der Waals surface area contributed by atoms with E-state index in [9.17, 15) is 0 Å². The van der Waals surface area contributed by atoms with E-state index in [0.29, 0.717) is 0 Å². The Balaban J connectivity index is 2.22. The van der Waals surface area contributed by atoms with Crippen LogP contribution < -0.4 is 0 Å². The lowest BCUT2D eigenvalue weighted by atomic mass is 10.0. The summed E-state index contributed by atoms with van der Waals surface area (Å²) in [5, 5.41) is 0. The summed E-state index contributed by atoms with van der Waals surface area (Å²) in [5.74, 6) is 0. The predicted octanol–water partition coefficient (Wildman–Crippen LogP) is 3.30. The first kappa shape index (κ1) is 8.86. The molecule has 1 nitrogen and oxygen atoms in total. The van der Waals surface area contributed by atoms with Gasteiger partial charge in [0.1, 0.15) is 0 Å². The van der Waals surface area contributed by atoms with E-state index >= 15 is 0 Å². The Bertz CT molecular complexity index is 525. The number of hydrogen-bond acceptors (Lipinski definition) is 2. The lowest BCUT2D eigenvalue weighted by Gasteiger charge is -2.06. The molecule has 0 atom stereocenters. The third-order valence-corrected chi connectivity index (χ3v) is 3.82. The van der Waals surface area contributed by atoms with Crippen LogP contribution in [0.3, 0.4) is 0 Å². The summed E-state index contributed by atoms with van der Waals surface area (Å²) in [6.45, 7) is 4.20. The van der Waals surface area contributed by atoms with E-state index in [2.05, 4.69) is 35.8 Å². The fraction of sp³-hybridized carbons (Fsp3) is 0.154. The first-order valence-corrected chi connectivity index (χ1v) is 5.94. The maximum atomic E-state index is 4.41. The first-order valence-electron chi connectivity index (χ1n) is 5.06. The van der Waals surface area contributed by atoms with Crippen molar-refractivity contribution in [3.05, 3.63) is 58.1 Å². The Labute approximate surface area is 93.1 Å². The summed E-state index contributed by atoms with van der Waals surface area (Å²) >= 11 is 1.70. The number of aromatic nitrogens is 1. The van der Waals surface area contributed by atoms with Crippen molar-refractivity contribution in [2.45, 2.75) is 12.8 Å². The van der Waals surface area contributed by atoms with Crippen molar-refractivity contribution in [3.63, 3.8) is 0 Å². The van der Waals surface area contributed by atoms with Crippen LogP contribution in [0, 0.1) is 0 Å². The van der Waals surface area contributed by atoms with E-state index in [1.807, 2.05) is 5.51 Å². The molecule has 1 aromatic heterocycles. The highest BCUT2D eigenvalue weighted by molar-refractivity contribution is 7.11. The molecule has 2 heteroatoms. The fourth-order valence-electron chi connectivity index (χ4n) is 2.10. The van der Waals surface area contributed by atoms with Gasteiger partial charge in [0.15, 0.2) is 0 Å². The molecule has 0 unspecified atom stereocenters. The van der Waals surface area contributed by atoms with Crippen molar-refractivity contribution in [2.75, 3.05) is 0 Å². The molecule has 0 radical (unpaired) electrons. The quantitative estimate of drug-likeness (QED) is 0.654. The monoisotopic (exact) mass is 213 g/mol. The largest absolute Gasteiger partial charge is 0.249 e. The molecule has 15 heavy (non-hydrogen) atoms. The summed E-state index contributed by atoms with van der Waals surface area (Å²) in [6.07, 6.45) is 2.11. The van der Waals surface area contributed by atoms with Crippen molar-refractivity contribution in [1.29, 1.82) is 0 Å². The molecule has 0 saturated heterocycles. The topological polar surface area (TPSA) is 12.9 Å². The van der Waals surface area contributed by atoms with Gasteiger partial charge in [-0.1, -0.05) is 30.8 Å². The number of hydrogen-bond donors (Lipinski definition) is 0. The van der Waals surface area contributed by atoms with Crippen molar-refractivity contribution >= 4 is 16.9 Å². The third-order valence-electron chi connectivity index (χ3n) is 2.89. The number of benzene rings is 1. The number of thiazole rings is 1. The molecule has 0 fully saturated rings. The van der Waals surface area contributed by atoms with Crippen molar-refractivity contribution in [2.24, 2.45) is 0 Å². The molecule has 3 rings (SSSR count). The van der Waals surface area contributed by atoms with Crippen LogP contribution in [0.15, 0.2) is 36.4 Å². The molecule has 2 aromatic rings. The summed E-state index contributed by atoms with van der Waals surface area (Å²) in [6, 6.07) is 8.53. The van der Waals surface area contributed by atoms with Crippen LogP contribution in [0.4, 0.5) is 0 Å². The Morgan fingerprint density at radius 2 is 2.07 bits per heavy atom. The average molecular weight is 213 g/mol. The van der Waals surface area contributed by atoms with E-state index in [4.69, 9.17) is 0 Å². The van der Waals surface area contributed by atoms with Gasteiger partial charge in [-0.3, -0.25) is 0 Å². The lowest BCUT2D eigenvalue weighted by Crippen LogP contribution is -1.90. The molecule has 74 valence electrons. The fourth-order valence-corrected chi connectivity index (χ4v) is 2.93. The maximum absolute atomic E-state index is 4.41. The van der Waals surface area contributed by atoms with Gasteiger partial charge >= 0.3 is 0 Å². The molecule has 1 aliphatic carbocycles. The van der Waals surface area contributed by atoms with E-state index in [1.165, 1.54) is 21.7 Å². The Morgan fingerprint density at radius 1 is 1.20 bits per heavy atom. The van der Waals surface area contributed by atoms with Crippen LogP contribution in [0.5, 0.6) is 0 Å². The summed E-state index contributed by atoms with van der Waals surface area (Å²) in [4.78, 5) is 5.67. The van der Waals surface area contributed by atoms with Gasteiger partial charge in [0, 0.05) is 0 Å². The van der Waals surface area contributed by atoms with Gasteiger partial charge in [-0.15, -0.1) is 11.3 Å². The third kappa shape index (κ3) is 1.33. The predicted molar refractivity (Wildman–Crippen MR) is 64.1 cm³/mol. The Morgan fingerprint density at radius 3 is 3.00 bits per heavy atom. The minimum Gasteiger partial charge on any atom is -0.249 e. The number of nitrogens with zero attached hydrogens (tertiary/aromatic N) is 1. The molecule has 0 bridgehead atoms. The van der Waals surface area contributed by atoms with E-state index in [-0.39, 0.29) is 0 Å². The van der Waals surface area contributed by atoms with Gasteiger partial charge in [-0.25, -0.2) is 4.98 Å². The zero-order valence-corrected chi connectivity index (χ0v) is 9.18. The second kappa shape index (κ2) is 3.31. The highest BCUT2D eigenvalue weighted by atomic mass is 32.1. The molecule has 0 aliphatic heterocycles. The molecule has 0 N–H and O–H groups in total. The van der Waals surface area contributed by atoms with Crippen LogP contribution in [0.2, 0.25) is 0 Å².